The fourth-order valence-corrected chi connectivity index (χ4v) is 3.71. The Kier molecular flexibility index (Phi) is 6.47. The number of rotatable bonds is 5. The highest BCUT2D eigenvalue weighted by atomic mass is 19.4. The standard InChI is InChI=1S/C26H19F4N3O4/c1-13-3-6-17(9-14(13)2)33-21-12-16(26(28,29)30)5-7-18(21)23(24(33)35)32-31-20-8-4-15(11-22(20)34)10-19(27)25(36)37/h3-12,31,34H,1-2H3,(H,36,37)/b19-10?,32-23-. The molecule has 0 fully saturated rings. The number of hydrogen-bond donors (Lipinski definition) is 3. The van der Waals surface area contributed by atoms with Crippen molar-refractivity contribution < 1.29 is 37.4 Å². The lowest BCUT2D eigenvalue weighted by Gasteiger charge is -2.19. The van der Waals surface area contributed by atoms with Crippen molar-refractivity contribution in [3.63, 3.8) is 0 Å². The molecule has 7 nitrogen and oxygen atoms in total. The molecule has 3 N–H and O–H groups in total. The van der Waals surface area contributed by atoms with Gasteiger partial charge in [0, 0.05) is 11.3 Å². The second-order valence-corrected chi connectivity index (χ2v) is 8.29. The van der Waals surface area contributed by atoms with Crippen molar-refractivity contribution in [2.24, 2.45) is 5.10 Å². The molecule has 0 bridgehead atoms. The van der Waals surface area contributed by atoms with E-state index in [1.54, 1.807) is 18.2 Å². The van der Waals surface area contributed by atoms with Gasteiger partial charge in [-0.1, -0.05) is 12.1 Å². The summed E-state index contributed by atoms with van der Waals surface area (Å²) in [5.41, 5.74) is 3.70. The number of carbonyl (C=O) groups excluding carboxylic acids is 1. The first-order valence-electron chi connectivity index (χ1n) is 10.8. The Morgan fingerprint density at radius 3 is 2.38 bits per heavy atom. The highest BCUT2D eigenvalue weighted by Crippen LogP contribution is 2.40. The molecule has 0 saturated carbocycles. The van der Waals surface area contributed by atoms with E-state index < -0.39 is 35.2 Å². The summed E-state index contributed by atoms with van der Waals surface area (Å²) in [7, 11) is 0. The summed E-state index contributed by atoms with van der Waals surface area (Å²) in [5, 5.41) is 22.9. The van der Waals surface area contributed by atoms with Gasteiger partial charge in [0.05, 0.1) is 16.9 Å². The maximum absolute atomic E-state index is 13.4. The van der Waals surface area contributed by atoms with E-state index in [2.05, 4.69) is 10.5 Å². The van der Waals surface area contributed by atoms with Gasteiger partial charge in [0.2, 0.25) is 5.83 Å². The SMILES string of the molecule is Cc1ccc(N2C(=O)/C(=N\Nc3ccc(C=C(F)C(=O)O)cc3O)c3ccc(C(F)(F)F)cc32)cc1C. The van der Waals surface area contributed by atoms with Crippen LogP contribution in [0.1, 0.15) is 27.8 Å². The largest absolute Gasteiger partial charge is 0.506 e. The molecule has 11 heteroatoms. The number of amides is 1. The normalized spacial score (nSPS) is 14.8. The zero-order chi connectivity index (χ0) is 27.1. The minimum Gasteiger partial charge on any atom is -0.506 e. The highest BCUT2D eigenvalue weighted by molar-refractivity contribution is 6.55. The average Bonchev–Trinajstić information content (AvgIpc) is 3.10. The Balaban J connectivity index is 1.75. The average molecular weight is 513 g/mol. The van der Waals surface area contributed by atoms with Crippen LogP contribution in [0.4, 0.5) is 34.6 Å². The molecule has 4 rings (SSSR count). The number of carbonyl (C=O) groups is 2. The summed E-state index contributed by atoms with van der Waals surface area (Å²) in [6.45, 7) is 3.67. The molecule has 3 aromatic carbocycles. The first-order valence-corrected chi connectivity index (χ1v) is 10.8. The third-order valence-electron chi connectivity index (χ3n) is 5.78. The fraction of sp³-hybridized carbons (Fsp3) is 0.115. The summed E-state index contributed by atoms with van der Waals surface area (Å²) in [5.74, 6) is -4.32. The van der Waals surface area contributed by atoms with Crippen LogP contribution in [-0.2, 0) is 15.8 Å². The molecular formula is C26H19F4N3O4. The predicted octanol–water partition coefficient (Wildman–Crippen LogP) is 5.92. The Morgan fingerprint density at radius 1 is 1.03 bits per heavy atom. The number of carboxylic acid groups (broad SMARTS) is 1. The molecule has 0 radical (unpaired) electrons. The number of phenols is 1. The van der Waals surface area contributed by atoms with Gasteiger partial charge < -0.3 is 10.2 Å². The number of alkyl halides is 3. The van der Waals surface area contributed by atoms with Crippen LogP contribution in [0, 0.1) is 13.8 Å². The molecule has 3 aromatic rings. The van der Waals surface area contributed by atoms with Gasteiger partial charge in [-0.3, -0.25) is 15.1 Å². The van der Waals surface area contributed by atoms with Crippen LogP contribution < -0.4 is 10.3 Å². The van der Waals surface area contributed by atoms with Crippen LogP contribution in [-0.4, -0.2) is 27.8 Å². The van der Waals surface area contributed by atoms with Crippen molar-refractivity contribution in [3.05, 3.63) is 88.2 Å². The number of carboxylic acids is 1. The Labute approximate surface area is 208 Å². The predicted molar refractivity (Wildman–Crippen MR) is 129 cm³/mol. The number of phenolic OH excluding ortho intramolecular Hbond substituents is 1. The number of benzene rings is 3. The third-order valence-corrected chi connectivity index (χ3v) is 5.78. The van der Waals surface area contributed by atoms with E-state index in [9.17, 15) is 32.3 Å². The second-order valence-electron chi connectivity index (χ2n) is 8.29. The summed E-state index contributed by atoms with van der Waals surface area (Å²) in [6.07, 6.45) is -3.93. The molecule has 0 saturated heterocycles. The van der Waals surface area contributed by atoms with Crippen LogP contribution in [0.15, 0.2) is 65.5 Å². The Morgan fingerprint density at radius 2 is 1.76 bits per heavy atom. The molecule has 1 heterocycles. The molecule has 1 aliphatic rings. The van der Waals surface area contributed by atoms with Crippen molar-refractivity contribution in [2.45, 2.75) is 20.0 Å². The number of aryl methyl sites for hydroxylation is 2. The first kappa shape index (κ1) is 25.4. The molecule has 0 aromatic heterocycles. The lowest BCUT2D eigenvalue weighted by molar-refractivity contribution is -0.137. The number of hydrogen-bond acceptors (Lipinski definition) is 5. The summed E-state index contributed by atoms with van der Waals surface area (Å²) in [4.78, 5) is 25.2. The van der Waals surface area contributed by atoms with Gasteiger partial charge in [-0.2, -0.15) is 22.7 Å². The van der Waals surface area contributed by atoms with Crippen molar-refractivity contribution >= 4 is 40.7 Å². The van der Waals surface area contributed by atoms with E-state index in [1.165, 1.54) is 12.1 Å². The lowest BCUT2D eigenvalue weighted by atomic mass is 10.1. The number of halogens is 4. The van der Waals surface area contributed by atoms with E-state index in [4.69, 9.17) is 5.11 Å². The van der Waals surface area contributed by atoms with Gasteiger partial charge >= 0.3 is 12.1 Å². The fourth-order valence-electron chi connectivity index (χ4n) is 3.71. The van der Waals surface area contributed by atoms with Crippen LogP contribution in [0.5, 0.6) is 5.75 Å². The zero-order valence-electron chi connectivity index (χ0n) is 19.4. The van der Waals surface area contributed by atoms with E-state index in [1.807, 2.05) is 13.8 Å². The quantitative estimate of drug-likeness (QED) is 0.170. The minimum atomic E-state index is -4.63. The van der Waals surface area contributed by atoms with E-state index in [-0.39, 0.29) is 28.2 Å². The van der Waals surface area contributed by atoms with E-state index in [0.717, 1.165) is 40.3 Å². The number of nitrogens with zero attached hydrogens (tertiary/aromatic N) is 2. The van der Waals surface area contributed by atoms with Crippen molar-refractivity contribution in [1.82, 2.24) is 0 Å². The number of hydrazone groups is 1. The number of aliphatic carboxylic acids is 1. The van der Waals surface area contributed by atoms with Gasteiger partial charge in [-0.05, 0) is 79.1 Å². The van der Waals surface area contributed by atoms with Crippen molar-refractivity contribution in [3.8, 4) is 5.75 Å². The van der Waals surface area contributed by atoms with Gasteiger partial charge in [0.15, 0.2) is 5.71 Å². The molecule has 1 amide bonds. The number of nitrogens with one attached hydrogen (secondary N) is 1. The third kappa shape index (κ3) is 5.01. The van der Waals surface area contributed by atoms with Crippen molar-refractivity contribution in [1.29, 1.82) is 0 Å². The Hall–Kier alpha value is -4.67. The lowest BCUT2D eigenvalue weighted by Crippen LogP contribution is -2.26. The molecule has 0 atom stereocenters. The van der Waals surface area contributed by atoms with Crippen molar-refractivity contribution in [2.75, 3.05) is 10.3 Å². The van der Waals surface area contributed by atoms with Crippen LogP contribution in [0.3, 0.4) is 0 Å². The Bertz CT molecular complexity index is 1500. The molecule has 0 aliphatic carbocycles. The maximum Gasteiger partial charge on any atom is 0.416 e. The summed E-state index contributed by atoms with van der Waals surface area (Å²) < 4.78 is 53.6. The highest BCUT2D eigenvalue weighted by Gasteiger charge is 2.39. The summed E-state index contributed by atoms with van der Waals surface area (Å²) in [6, 6.07) is 11.6. The van der Waals surface area contributed by atoms with E-state index >= 15 is 0 Å². The topological polar surface area (TPSA) is 102 Å². The molecule has 1 aliphatic heterocycles. The van der Waals surface area contributed by atoms with Gasteiger partial charge in [0.1, 0.15) is 5.75 Å². The zero-order valence-corrected chi connectivity index (χ0v) is 19.4. The van der Waals surface area contributed by atoms with Crippen LogP contribution in [0.2, 0.25) is 0 Å². The smallest absolute Gasteiger partial charge is 0.416 e. The molecule has 190 valence electrons. The molecular weight excluding hydrogens is 494 g/mol. The maximum atomic E-state index is 13.4. The monoisotopic (exact) mass is 513 g/mol. The first-order chi connectivity index (χ1) is 17.4. The van der Waals surface area contributed by atoms with Crippen LogP contribution >= 0.6 is 0 Å². The van der Waals surface area contributed by atoms with E-state index in [0.29, 0.717) is 11.8 Å². The number of aromatic hydroxyl groups is 1. The van der Waals surface area contributed by atoms with Gasteiger partial charge in [0.25, 0.3) is 5.91 Å². The number of anilines is 3. The van der Waals surface area contributed by atoms with Crippen LogP contribution in [0.25, 0.3) is 6.08 Å². The summed E-state index contributed by atoms with van der Waals surface area (Å²) >= 11 is 0. The van der Waals surface area contributed by atoms with Gasteiger partial charge in [-0.15, -0.1) is 0 Å². The second kappa shape index (κ2) is 9.41. The molecule has 0 unspecified atom stereocenters. The molecule has 37 heavy (non-hydrogen) atoms. The number of fused-ring (bicyclic) bond motifs is 1. The van der Waals surface area contributed by atoms with Gasteiger partial charge in [-0.25, -0.2) is 4.79 Å². The minimum absolute atomic E-state index is 0.00233. The molecule has 0 spiro atoms.